The number of aromatic nitrogens is 1. The number of benzene rings is 1. The SMILES string of the molecule is CCOCOC[C@H](C[C@H](Cc1ccccc1)C(=O)NO)NC(=O)c1ccc(Cl)nc1. The average molecular weight is 436 g/mol. The fraction of sp³-hybridized carbons (Fsp3) is 0.381. The quantitative estimate of drug-likeness (QED) is 0.155. The maximum absolute atomic E-state index is 12.6. The molecule has 0 aliphatic rings. The van der Waals surface area contributed by atoms with Crippen molar-refractivity contribution in [3.05, 3.63) is 64.9 Å². The van der Waals surface area contributed by atoms with E-state index < -0.39 is 17.9 Å². The zero-order valence-corrected chi connectivity index (χ0v) is 17.5. The van der Waals surface area contributed by atoms with E-state index in [-0.39, 0.29) is 30.9 Å². The first-order chi connectivity index (χ1) is 14.5. The predicted molar refractivity (Wildman–Crippen MR) is 111 cm³/mol. The van der Waals surface area contributed by atoms with Crippen LogP contribution in [0.2, 0.25) is 5.15 Å². The summed E-state index contributed by atoms with van der Waals surface area (Å²) in [6.07, 6.45) is 2.02. The van der Waals surface area contributed by atoms with Crippen LogP contribution in [0.3, 0.4) is 0 Å². The molecule has 0 fully saturated rings. The Balaban J connectivity index is 2.10. The van der Waals surface area contributed by atoms with Gasteiger partial charge in [-0.3, -0.25) is 14.8 Å². The Labute approximate surface area is 180 Å². The van der Waals surface area contributed by atoms with Gasteiger partial charge in [-0.05, 0) is 37.5 Å². The van der Waals surface area contributed by atoms with Gasteiger partial charge in [0.15, 0.2) is 0 Å². The molecule has 0 saturated heterocycles. The third kappa shape index (κ3) is 8.08. The summed E-state index contributed by atoms with van der Waals surface area (Å²) < 4.78 is 10.7. The monoisotopic (exact) mass is 435 g/mol. The normalized spacial score (nSPS) is 12.8. The van der Waals surface area contributed by atoms with Crippen molar-refractivity contribution in [3.8, 4) is 0 Å². The van der Waals surface area contributed by atoms with E-state index in [1.165, 1.54) is 12.3 Å². The van der Waals surface area contributed by atoms with Gasteiger partial charge in [0.25, 0.3) is 5.91 Å². The topological polar surface area (TPSA) is 110 Å². The molecule has 0 radical (unpaired) electrons. The number of carbonyl (C=O) groups excluding carboxylic acids is 2. The van der Waals surface area contributed by atoms with Crippen molar-refractivity contribution in [2.45, 2.75) is 25.8 Å². The third-order valence-electron chi connectivity index (χ3n) is 4.39. The molecule has 0 spiro atoms. The number of rotatable bonds is 12. The lowest BCUT2D eigenvalue weighted by Crippen LogP contribution is -2.42. The molecular weight excluding hydrogens is 410 g/mol. The Kier molecular flexibility index (Phi) is 10.2. The molecular formula is C21H26ClN3O5. The molecule has 8 nitrogen and oxygen atoms in total. The van der Waals surface area contributed by atoms with Gasteiger partial charge < -0.3 is 14.8 Å². The number of amides is 2. The van der Waals surface area contributed by atoms with Crippen molar-refractivity contribution in [1.29, 1.82) is 0 Å². The molecule has 3 N–H and O–H groups in total. The molecule has 1 aromatic carbocycles. The van der Waals surface area contributed by atoms with Gasteiger partial charge in [0.2, 0.25) is 5.91 Å². The Bertz CT molecular complexity index is 789. The lowest BCUT2D eigenvalue weighted by molar-refractivity contribution is -0.134. The Morgan fingerprint density at radius 2 is 1.93 bits per heavy atom. The zero-order valence-electron chi connectivity index (χ0n) is 16.7. The predicted octanol–water partition coefficient (Wildman–Crippen LogP) is 2.60. The van der Waals surface area contributed by atoms with E-state index in [1.54, 1.807) is 11.5 Å². The van der Waals surface area contributed by atoms with Crippen LogP contribution in [-0.4, -0.2) is 48.1 Å². The second kappa shape index (κ2) is 12.9. The van der Waals surface area contributed by atoms with Crippen LogP contribution in [0.15, 0.2) is 48.7 Å². The lowest BCUT2D eigenvalue weighted by atomic mass is 9.92. The van der Waals surface area contributed by atoms with Crippen molar-refractivity contribution < 1.29 is 24.3 Å². The highest BCUT2D eigenvalue weighted by Gasteiger charge is 2.25. The van der Waals surface area contributed by atoms with Gasteiger partial charge in [0, 0.05) is 18.7 Å². The van der Waals surface area contributed by atoms with Crippen LogP contribution in [0, 0.1) is 5.92 Å². The second-order valence-electron chi connectivity index (χ2n) is 6.62. The Morgan fingerprint density at radius 1 is 1.17 bits per heavy atom. The van der Waals surface area contributed by atoms with Crippen LogP contribution < -0.4 is 10.8 Å². The van der Waals surface area contributed by atoms with Gasteiger partial charge >= 0.3 is 0 Å². The van der Waals surface area contributed by atoms with Crippen molar-refractivity contribution in [3.63, 3.8) is 0 Å². The summed E-state index contributed by atoms with van der Waals surface area (Å²) in [7, 11) is 0. The smallest absolute Gasteiger partial charge is 0.253 e. The summed E-state index contributed by atoms with van der Waals surface area (Å²) in [6, 6.07) is 12.0. The van der Waals surface area contributed by atoms with E-state index in [4.69, 9.17) is 26.3 Å². The summed E-state index contributed by atoms with van der Waals surface area (Å²) in [5, 5.41) is 12.3. The van der Waals surface area contributed by atoms with Crippen LogP contribution in [0.5, 0.6) is 0 Å². The highest BCUT2D eigenvalue weighted by Crippen LogP contribution is 2.16. The zero-order chi connectivity index (χ0) is 21.8. The number of halogens is 1. The van der Waals surface area contributed by atoms with Gasteiger partial charge in [-0.2, -0.15) is 0 Å². The van der Waals surface area contributed by atoms with E-state index in [2.05, 4.69) is 10.3 Å². The number of carbonyl (C=O) groups is 2. The van der Waals surface area contributed by atoms with E-state index >= 15 is 0 Å². The van der Waals surface area contributed by atoms with Gasteiger partial charge in [0.05, 0.1) is 18.2 Å². The van der Waals surface area contributed by atoms with Gasteiger partial charge in [0.1, 0.15) is 11.9 Å². The molecule has 162 valence electrons. The number of nitrogens with zero attached hydrogens (tertiary/aromatic N) is 1. The first-order valence-corrected chi connectivity index (χ1v) is 9.97. The molecule has 2 aromatic rings. The molecule has 0 saturated carbocycles. The van der Waals surface area contributed by atoms with Crippen LogP contribution in [0.25, 0.3) is 0 Å². The van der Waals surface area contributed by atoms with Crippen molar-refractivity contribution in [2.24, 2.45) is 5.92 Å². The lowest BCUT2D eigenvalue weighted by Gasteiger charge is -2.23. The first kappa shape index (κ1) is 23.8. The highest BCUT2D eigenvalue weighted by atomic mass is 35.5. The molecule has 1 heterocycles. The maximum Gasteiger partial charge on any atom is 0.253 e. The molecule has 2 atom stereocenters. The first-order valence-electron chi connectivity index (χ1n) is 9.59. The molecule has 0 aliphatic heterocycles. The fourth-order valence-corrected chi connectivity index (χ4v) is 3.01. The van der Waals surface area contributed by atoms with E-state index in [9.17, 15) is 9.59 Å². The van der Waals surface area contributed by atoms with E-state index in [0.717, 1.165) is 5.56 Å². The molecule has 2 amide bonds. The van der Waals surface area contributed by atoms with E-state index in [0.29, 0.717) is 18.6 Å². The van der Waals surface area contributed by atoms with Crippen molar-refractivity contribution in [2.75, 3.05) is 20.0 Å². The number of hydroxylamine groups is 1. The largest absolute Gasteiger partial charge is 0.356 e. The van der Waals surface area contributed by atoms with Crippen molar-refractivity contribution >= 4 is 23.4 Å². The second-order valence-corrected chi connectivity index (χ2v) is 7.01. The Morgan fingerprint density at radius 3 is 2.57 bits per heavy atom. The minimum Gasteiger partial charge on any atom is -0.356 e. The molecule has 30 heavy (non-hydrogen) atoms. The fourth-order valence-electron chi connectivity index (χ4n) is 2.90. The van der Waals surface area contributed by atoms with Crippen LogP contribution in [-0.2, 0) is 20.7 Å². The number of nitrogens with one attached hydrogen (secondary N) is 2. The van der Waals surface area contributed by atoms with Crippen LogP contribution in [0.1, 0.15) is 29.3 Å². The third-order valence-corrected chi connectivity index (χ3v) is 4.61. The molecule has 0 bridgehead atoms. The minimum atomic E-state index is -0.582. The summed E-state index contributed by atoms with van der Waals surface area (Å²) >= 11 is 5.77. The average Bonchev–Trinajstić information content (AvgIpc) is 2.76. The number of pyridine rings is 1. The number of hydrogen-bond acceptors (Lipinski definition) is 6. The summed E-state index contributed by atoms with van der Waals surface area (Å²) in [5.41, 5.74) is 2.99. The number of hydrogen-bond donors (Lipinski definition) is 3. The van der Waals surface area contributed by atoms with Crippen LogP contribution in [0.4, 0.5) is 0 Å². The summed E-state index contributed by atoms with van der Waals surface area (Å²) in [4.78, 5) is 28.8. The van der Waals surface area contributed by atoms with E-state index in [1.807, 2.05) is 37.3 Å². The summed E-state index contributed by atoms with van der Waals surface area (Å²) in [6.45, 7) is 2.55. The molecule has 1 aromatic heterocycles. The Hall–Kier alpha value is -2.52. The standard InChI is InChI=1S/C21H26ClN3O5/c1-2-29-14-30-13-18(24-20(26)16-8-9-19(22)23-12-16)11-17(21(27)25-28)10-15-6-4-3-5-7-15/h3-9,12,17-18,28H,2,10-11,13-14H2,1H3,(H,24,26)(H,25,27)/t17-,18-/m0/s1. The van der Waals surface area contributed by atoms with Crippen LogP contribution >= 0.6 is 11.6 Å². The highest BCUT2D eigenvalue weighted by molar-refractivity contribution is 6.29. The molecule has 2 rings (SSSR count). The van der Waals surface area contributed by atoms with Crippen molar-refractivity contribution in [1.82, 2.24) is 15.8 Å². The van der Waals surface area contributed by atoms with Gasteiger partial charge in [-0.25, -0.2) is 10.5 Å². The number of ether oxygens (including phenoxy) is 2. The van der Waals surface area contributed by atoms with Gasteiger partial charge in [-0.1, -0.05) is 41.9 Å². The molecule has 0 unspecified atom stereocenters. The van der Waals surface area contributed by atoms with Gasteiger partial charge in [-0.15, -0.1) is 0 Å². The molecule has 0 aliphatic carbocycles. The summed E-state index contributed by atoms with van der Waals surface area (Å²) in [5.74, 6) is -1.48. The maximum atomic E-state index is 12.6. The molecule has 9 heteroatoms. The minimum absolute atomic E-state index is 0.0704.